The van der Waals surface area contributed by atoms with Crippen LogP contribution in [0.3, 0.4) is 0 Å². The van der Waals surface area contributed by atoms with Crippen LogP contribution in [0.15, 0.2) is 41.2 Å². The maximum absolute atomic E-state index is 13.1. The molecule has 0 aliphatic carbocycles. The number of rotatable bonds is 2. The van der Waals surface area contributed by atoms with Crippen LogP contribution in [0.25, 0.3) is 11.1 Å². The van der Waals surface area contributed by atoms with Crippen molar-refractivity contribution < 1.29 is 18.7 Å². The molecule has 0 atom stereocenters. The van der Waals surface area contributed by atoms with E-state index in [9.17, 15) is 9.18 Å². The number of hydrogen-bond donors (Lipinski definition) is 2. The van der Waals surface area contributed by atoms with Crippen molar-refractivity contribution in [2.24, 2.45) is 0 Å². The molecular formula is C11H8FNO3. The molecule has 1 aromatic heterocycles. The van der Waals surface area contributed by atoms with Gasteiger partial charge >= 0.3 is 6.09 Å². The average molecular weight is 221 g/mol. The Balaban J connectivity index is 2.48. The molecule has 2 rings (SSSR count). The van der Waals surface area contributed by atoms with Crippen LogP contribution in [-0.4, -0.2) is 11.2 Å². The van der Waals surface area contributed by atoms with Crippen molar-refractivity contribution >= 4 is 11.8 Å². The van der Waals surface area contributed by atoms with Gasteiger partial charge in [-0.1, -0.05) is 0 Å². The van der Waals surface area contributed by atoms with E-state index in [4.69, 9.17) is 9.52 Å². The van der Waals surface area contributed by atoms with Gasteiger partial charge < -0.3 is 9.52 Å². The van der Waals surface area contributed by atoms with E-state index >= 15 is 0 Å². The first kappa shape index (κ1) is 10.2. The van der Waals surface area contributed by atoms with Gasteiger partial charge in [-0.15, -0.1) is 0 Å². The highest BCUT2D eigenvalue weighted by atomic mass is 19.1. The van der Waals surface area contributed by atoms with Crippen molar-refractivity contribution in [3.8, 4) is 11.1 Å². The Bertz CT molecular complexity index is 508. The largest absolute Gasteiger partial charge is 0.472 e. The molecule has 0 radical (unpaired) electrons. The summed E-state index contributed by atoms with van der Waals surface area (Å²) in [6, 6.07) is 5.43. The monoisotopic (exact) mass is 221 g/mol. The predicted molar refractivity (Wildman–Crippen MR) is 55.7 cm³/mol. The second-order valence-electron chi connectivity index (χ2n) is 3.13. The Kier molecular flexibility index (Phi) is 2.59. The summed E-state index contributed by atoms with van der Waals surface area (Å²) in [6.45, 7) is 0. The van der Waals surface area contributed by atoms with Gasteiger partial charge in [0, 0.05) is 11.1 Å². The zero-order valence-corrected chi connectivity index (χ0v) is 8.11. The lowest BCUT2D eigenvalue weighted by Gasteiger charge is -2.07. The van der Waals surface area contributed by atoms with E-state index in [2.05, 4.69) is 5.32 Å². The highest BCUT2D eigenvalue weighted by molar-refractivity contribution is 5.90. The minimum atomic E-state index is -1.20. The Labute approximate surface area is 90.3 Å². The van der Waals surface area contributed by atoms with Gasteiger partial charge in [0.2, 0.25) is 0 Å². The minimum Gasteiger partial charge on any atom is -0.472 e. The molecule has 1 aromatic carbocycles. The summed E-state index contributed by atoms with van der Waals surface area (Å²) in [7, 11) is 0. The van der Waals surface area contributed by atoms with Gasteiger partial charge in [0.1, 0.15) is 5.82 Å². The second kappa shape index (κ2) is 4.06. The normalized spacial score (nSPS) is 10.1. The van der Waals surface area contributed by atoms with Crippen molar-refractivity contribution in [3.05, 3.63) is 42.6 Å². The summed E-state index contributed by atoms with van der Waals surface area (Å²) >= 11 is 0. The molecular weight excluding hydrogens is 213 g/mol. The van der Waals surface area contributed by atoms with Gasteiger partial charge in [-0.25, -0.2) is 9.18 Å². The van der Waals surface area contributed by atoms with Crippen molar-refractivity contribution in [1.82, 2.24) is 0 Å². The molecule has 82 valence electrons. The fourth-order valence-electron chi connectivity index (χ4n) is 1.40. The zero-order valence-electron chi connectivity index (χ0n) is 8.11. The summed E-state index contributed by atoms with van der Waals surface area (Å²) in [4.78, 5) is 10.5. The third-order valence-corrected chi connectivity index (χ3v) is 2.06. The van der Waals surface area contributed by atoms with Gasteiger partial charge in [0.05, 0.1) is 18.2 Å². The molecule has 16 heavy (non-hydrogen) atoms. The third-order valence-electron chi connectivity index (χ3n) is 2.06. The minimum absolute atomic E-state index is 0.315. The molecule has 2 aromatic rings. The molecule has 0 aliphatic heterocycles. The summed E-state index contributed by atoms with van der Waals surface area (Å²) in [5.41, 5.74) is 1.37. The lowest BCUT2D eigenvalue weighted by Crippen LogP contribution is -2.08. The van der Waals surface area contributed by atoms with Gasteiger partial charge in [0.15, 0.2) is 0 Å². The highest BCUT2D eigenvalue weighted by Gasteiger charge is 2.09. The summed E-state index contributed by atoms with van der Waals surface area (Å²) in [5.74, 6) is -0.438. The Morgan fingerprint density at radius 2 is 2.19 bits per heavy atom. The van der Waals surface area contributed by atoms with Crippen LogP contribution in [0.2, 0.25) is 0 Å². The van der Waals surface area contributed by atoms with Crippen LogP contribution in [-0.2, 0) is 0 Å². The number of halogens is 1. The molecule has 0 spiro atoms. The van der Waals surface area contributed by atoms with Gasteiger partial charge in [-0.2, -0.15) is 0 Å². The Morgan fingerprint density at radius 3 is 2.81 bits per heavy atom. The number of anilines is 1. The van der Waals surface area contributed by atoms with E-state index < -0.39 is 11.9 Å². The Hall–Kier alpha value is -2.30. The molecule has 5 heteroatoms. The third kappa shape index (κ3) is 2.03. The van der Waals surface area contributed by atoms with Crippen LogP contribution < -0.4 is 5.32 Å². The first-order valence-electron chi connectivity index (χ1n) is 4.49. The Morgan fingerprint density at radius 1 is 1.38 bits per heavy atom. The van der Waals surface area contributed by atoms with Crippen molar-refractivity contribution in [2.75, 3.05) is 5.32 Å². The predicted octanol–water partition coefficient (Wildman–Crippen LogP) is 3.18. The fraction of sp³-hybridized carbons (Fsp3) is 0. The number of hydrogen-bond acceptors (Lipinski definition) is 2. The first-order chi connectivity index (χ1) is 7.66. The molecule has 0 unspecified atom stereocenters. The van der Waals surface area contributed by atoms with Crippen molar-refractivity contribution in [3.63, 3.8) is 0 Å². The summed E-state index contributed by atoms with van der Waals surface area (Å²) < 4.78 is 17.9. The molecule has 0 bridgehead atoms. The van der Waals surface area contributed by atoms with Gasteiger partial charge in [-0.3, -0.25) is 5.32 Å². The summed E-state index contributed by atoms with van der Waals surface area (Å²) in [6.07, 6.45) is 1.66. The van der Waals surface area contributed by atoms with Crippen LogP contribution in [0, 0.1) is 5.82 Å². The van der Waals surface area contributed by atoms with Crippen molar-refractivity contribution in [2.45, 2.75) is 0 Å². The standard InChI is InChI=1S/C11H8FNO3/c12-8-1-2-10(13-11(14)15)9(5-8)7-3-4-16-6-7/h1-6,13H,(H,14,15). The molecule has 4 nitrogen and oxygen atoms in total. The number of nitrogens with one attached hydrogen (secondary N) is 1. The molecule has 1 heterocycles. The number of amides is 1. The molecule has 0 saturated carbocycles. The molecule has 0 fully saturated rings. The van der Waals surface area contributed by atoms with Crippen molar-refractivity contribution in [1.29, 1.82) is 0 Å². The molecule has 0 aliphatic rings. The zero-order chi connectivity index (χ0) is 11.5. The molecule has 0 saturated heterocycles. The van der Waals surface area contributed by atoms with E-state index in [1.807, 2.05) is 0 Å². The SMILES string of the molecule is O=C(O)Nc1ccc(F)cc1-c1ccoc1. The van der Waals surface area contributed by atoms with E-state index in [0.29, 0.717) is 16.8 Å². The van der Waals surface area contributed by atoms with E-state index in [1.54, 1.807) is 6.07 Å². The quantitative estimate of drug-likeness (QED) is 0.818. The number of benzene rings is 1. The van der Waals surface area contributed by atoms with E-state index in [-0.39, 0.29) is 0 Å². The van der Waals surface area contributed by atoms with E-state index in [0.717, 1.165) is 0 Å². The van der Waals surface area contributed by atoms with Crippen LogP contribution in [0.1, 0.15) is 0 Å². The van der Waals surface area contributed by atoms with Crippen LogP contribution in [0.5, 0.6) is 0 Å². The van der Waals surface area contributed by atoms with Crippen LogP contribution >= 0.6 is 0 Å². The lowest BCUT2D eigenvalue weighted by molar-refractivity contribution is 0.210. The topological polar surface area (TPSA) is 62.5 Å². The number of furan rings is 1. The summed E-state index contributed by atoms with van der Waals surface area (Å²) in [5, 5.41) is 10.8. The highest BCUT2D eigenvalue weighted by Crippen LogP contribution is 2.29. The second-order valence-corrected chi connectivity index (χ2v) is 3.13. The van der Waals surface area contributed by atoms with E-state index in [1.165, 1.54) is 30.7 Å². The van der Waals surface area contributed by atoms with Gasteiger partial charge in [0.25, 0.3) is 0 Å². The van der Waals surface area contributed by atoms with Gasteiger partial charge in [-0.05, 0) is 24.3 Å². The maximum atomic E-state index is 13.1. The first-order valence-corrected chi connectivity index (χ1v) is 4.49. The smallest absolute Gasteiger partial charge is 0.409 e. The average Bonchev–Trinajstić information content (AvgIpc) is 2.73. The molecule has 2 N–H and O–H groups in total. The fourth-order valence-corrected chi connectivity index (χ4v) is 1.40. The number of carbonyl (C=O) groups is 1. The number of carboxylic acid groups (broad SMARTS) is 1. The molecule has 1 amide bonds. The maximum Gasteiger partial charge on any atom is 0.409 e. The lowest BCUT2D eigenvalue weighted by atomic mass is 10.1. The van der Waals surface area contributed by atoms with Crippen LogP contribution in [0.4, 0.5) is 14.9 Å².